The van der Waals surface area contributed by atoms with Gasteiger partial charge in [-0.05, 0) is 72.9 Å². The number of ketones is 2. The molecule has 9 heteroatoms. The topological polar surface area (TPSA) is 105 Å². The molecule has 4 aromatic carbocycles. The molecule has 4 aliphatic rings. The Labute approximate surface area is 458 Å². The van der Waals surface area contributed by atoms with E-state index in [0.717, 1.165) is 83.6 Å². The smallest absolute Gasteiger partial charge is 0.316 e. The Hall–Kier alpha value is -5.28. The Bertz CT molecular complexity index is 2520. The summed E-state index contributed by atoms with van der Waals surface area (Å²) < 4.78 is 21.7. The number of unbranched alkanes of at least 4 members (excludes halogenated alkanes) is 18. The first kappa shape index (κ1) is 59.0. The minimum Gasteiger partial charge on any atom is -0.493 e. The maximum Gasteiger partial charge on any atom is 0.316 e. The molecule has 0 radical (unpaired) electrons. The average molecular weight is 1090 g/mol. The van der Waals surface area contributed by atoms with Gasteiger partial charge < -0.3 is 18.9 Å². The third-order valence-corrected chi connectivity index (χ3v) is 16.0. The Morgan fingerprint density at radius 2 is 1.00 bits per heavy atom. The molecule has 75 heavy (non-hydrogen) atoms. The van der Waals surface area contributed by atoms with Crippen molar-refractivity contribution in [1.82, 2.24) is 0 Å². The van der Waals surface area contributed by atoms with Crippen molar-refractivity contribution in [3.8, 4) is 11.5 Å². The van der Waals surface area contributed by atoms with E-state index >= 15 is 0 Å². The van der Waals surface area contributed by atoms with Crippen LogP contribution in [0.3, 0.4) is 0 Å². The molecule has 0 heterocycles. The summed E-state index contributed by atoms with van der Waals surface area (Å²) in [7, 11) is 2.74. The Kier molecular flexibility index (Phi) is 24.9. The zero-order valence-corrected chi connectivity index (χ0v) is 47.4. The van der Waals surface area contributed by atoms with Crippen molar-refractivity contribution >= 4 is 45.5 Å². The number of hydrogen-bond donors (Lipinski definition) is 0. The molecule has 0 bridgehead atoms. The Morgan fingerprint density at radius 1 is 0.520 bits per heavy atom. The molecule has 404 valence electrons. The van der Waals surface area contributed by atoms with Gasteiger partial charge in [0.25, 0.3) is 0 Å². The number of methoxy groups -OCH3 is 2. The van der Waals surface area contributed by atoms with Crippen LogP contribution < -0.4 is 9.47 Å². The second-order valence-electron chi connectivity index (χ2n) is 20.9. The van der Waals surface area contributed by atoms with Crippen LogP contribution in [0.2, 0.25) is 0 Å². The first-order valence-electron chi connectivity index (χ1n) is 28.5. The largest absolute Gasteiger partial charge is 0.493 e. The monoisotopic (exact) mass is 1080 g/mol. The zero-order chi connectivity index (χ0) is 53.3. The molecule has 4 aromatic rings. The molecule has 0 fully saturated rings. The van der Waals surface area contributed by atoms with Gasteiger partial charge in [-0.15, -0.1) is 0 Å². The molecular weight excluding hydrogens is 1000 g/mol. The van der Waals surface area contributed by atoms with E-state index in [1.165, 1.54) is 152 Å². The van der Waals surface area contributed by atoms with Crippen molar-refractivity contribution in [1.29, 1.82) is 0 Å². The molecule has 0 saturated heterocycles. The van der Waals surface area contributed by atoms with Gasteiger partial charge in [0.05, 0.1) is 39.3 Å². The van der Waals surface area contributed by atoms with Gasteiger partial charge in [-0.1, -0.05) is 235 Å². The van der Waals surface area contributed by atoms with Crippen molar-refractivity contribution in [2.45, 2.75) is 181 Å². The molecule has 0 aliphatic heterocycles. The van der Waals surface area contributed by atoms with Crippen LogP contribution >= 0.6 is 15.9 Å². The maximum absolute atomic E-state index is 13.9. The number of halogens is 1. The maximum atomic E-state index is 13.9. The average Bonchev–Trinajstić information content (AvgIpc) is 4.22. The molecule has 8 nitrogen and oxygen atoms in total. The summed E-state index contributed by atoms with van der Waals surface area (Å²) in [4.78, 5) is 49.5. The van der Waals surface area contributed by atoms with Crippen LogP contribution in [-0.2, 0) is 51.2 Å². The van der Waals surface area contributed by atoms with Gasteiger partial charge in [0.2, 0.25) is 0 Å². The van der Waals surface area contributed by atoms with Crippen molar-refractivity contribution in [3.05, 3.63) is 146 Å². The normalized spacial score (nSPS) is 15.7. The first-order chi connectivity index (χ1) is 36.7. The van der Waals surface area contributed by atoms with Crippen molar-refractivity contribution in [2.75, 3.05) is 32.8 Å². The molecular formula is C66H85BrO8. The number of fused-ring (bicyclic) bond motifs is 4. The second-order valence-corrected chi connectivity index (χ2v) is 21.5. The van der Waals surface area contributed by atoms with Gasteiger partial charge in [0, 0.05) is 34.2 Å². The van der Waals surface area contributed by atoms with Crippen LogP contribution in [0.5, 0.6) is 11.5 Å². The number of ether oxygens (including phenoxy) is 4. The highest BCUT2D eigenvalue weighted by Crippen LogP contribution is 2.51. The Morgan fingerprint density at radius 3 is 1.49 bits per heavy atom. The highest BCUT2D eigenvalue weighted by Gasteiger charge is 2.51. The molecule has 4 aliphatic carbocycles. The fraction of sp³-hybridized carbons (Fsp3) is 0.515. The van der Waals surface area contributed by atoms with E-state index in [4.69, 9.17) is 14.2 Å². The molecule has 0 saturated carbocycles. The molecule has 0 N–H and O–H groups in total. The number of Topliss-reactive ketones (excluding diaryl/α,β-unsaturated/α-hetero) is 2. The number of esters is 2. The summed E-state index contributed by atoms with van der Waals surface area (Å²) in [6.45, 7) is 5.93. The van der Waals surface area contributed by atoms with E-state index in [1.54, 1.807) is 0 Å². The molecule has 1 unspecified atom stereocenters. The molecule has 8 rings (SSSR count). The predicted octanol–water partition coefficient (Wildman–Crippen LogP) is 16.3. The first-order valence-corrected chi connectivity index (χ1v) is 29.6. The predicted molar refractivity (Wildman–Crippen MR) is 308 cm³/mol. The minimum atomic E-state index is -0.912. The molecule has 0 aromatic heterocycles. The van der Waals surface area contributed by atoms with Gasteiger partial charge in [-0.25, -0.2) is 0 Å². The van der Waals surface area contributed by atoms with E-state index in [2.05, 4.69) is 77.0 Å². The lowest BCUT2D eigenvalue weighted by Gasteiger charge is -2.28. The van der Waals surface area contributed by atoms with E-state index in [9.17, 15) is 19.2 Å². The lowest BCUT2D eigenvalue weighted by molar-refractivity contribution is -0.142. The Balaban J connectivity index is 0.000000222. The highest BCUT2D eigenvalue weighted by atomic mass is 79.9. The summed E-state index contributed by atoms with van der Waals surface area (Å²) >= 11 is 2.90. The number of allylic oxidation sites excluding steroid dienone is 3. The summed E-state index contributed by atoms with van der Waals surface area (Å²) in [5.74, 6) is 1.33. The second kappa shape index (κ2) is 31.7. The number of carbonyl (C=O) groups excluding carboxylic acids is 4. The van der Waals surface area contributed by atoms with Crippen LogP contribution in [0, 0.1) is 5.41 Å². The van der Waals surface area contributed by atoms with Gasteiger partial charge in [0.1, 0.15) is 16.8 Å². The number of carbonyl (C=O) groups is 4. The molecule has 1 atom stereocenters. The summed E-state index contributed by atoms with van der Waals surface area (Å²) in [5.41, 5.74) is 11.0. The number of rotatable bonds is 28. The fourth-order valence-corrected chi connectivity index (χ4v) is 11.4. The minimum absolute atomic E-state index is 0.0105. The summed E-state index contributed by atoms with van der Waals surface area (Å²) in [6, 6.07) is 28.5. The van der Waals surface area contributed by atoms with E-state index in [1.807, 2.05) is 48.5 Å². The number of benzene rings is 4. The number of hydrogen-bond acceptors (Lipinski definition) is 8. The van der Waals surface area contributed by atoms with Crippen LogP contribution in [0.15, 0.2) is 102 Å². The van der Waals surface area contributed by atoms with Crippen molar-refractivity contribution in [2.24, 2.45) is 5.41 Å². The summed E-state index contributed by atoms with van der Waals surface area (Å²) in [5, 5.41) is 0.281. The van der Waals surface area contributed by atoms with Crippen molar-refractivity contribution < 1.29 is 38.1 Å². The van der Waals surface area contributed by atoms with Crippen LogP contribution in [0.4, 0.5) is 0 Å². The quantitative estimate of drug-likeness (QED) is 0.0240. The fourth-order valence-electron chi connectivity index (χ4n) is 11.2. The number of alkyl halides is 1. The SMILES string of the molecule is CCCCCCCCCCCCOc1cccc2c1CC(=C1Cc3ccccc3C1)C2=O.CCCCCCCCCCCCOc1cccc2c1CC(CC(=O)OC)(C1=Cc3ccccc3C1)C2=O.COC(=O)CBr. The standard InChI is InChI=1S/C33H42O4.C30H38O2.C3H5BrO2/c1-3-4-5-6-7-8-9-10-11-14-20-37-30-19-15-18-28-29(30)23-33(32(28)35,24-31(34)36-2)27-21-25-16-12-13-17-26(25)22-27;1-2-3-4-5-6-7-8-9-10-13-19-32-29-18-14-17-26-28(29)22-27(30(26)31)25-20-23-15-11-12-16-24(23)21-25;1-6-3(5)2-4/h12-13,15-19,21H,3-11,14,20,22-24H2,1-2H3;11-12,14-18H,2-10,13,19-22H2,1H3;2H2,1H3. The third kappa shape index (κ3) is 16.9. The lowest BCUT2D eigenvalue weighted by atomic mass is 9.73. The molecule has 0 spiro atoms. The highest BCUT2D eigenvalue weighted by molar-refractivity contribution is 9.09. The molecule has 0 amide bonds. The lowest BCUT2D eigenvalue weighted by Crippen LogP contribution is -2.34. The van der Waals surface area contributed by atoms with E-state index in [0.29, 0.717) is 25.0 Å². The van der Waals surface area contributed by atoms with E-state index < -0.39 is 5.41 Å². The van der Waals surface area contributed by atoms with Gasteiger partial charge in [-0.2, -0.15) is 0 Å². The third-order valence-electron chi connectivity index (χ3n) is 15.6. The van der Waals surface area contributed by atoms with Gasteiger partial charge >= 0.3 is 11.9 Å². The van der Waals surface area contributed by atoms with Crippen LogP contribution in [0.25, 0.3) is 6.08 Å². The van der Waals surface area contributed by atoms with Crippen LogP contribution in [-0.4, -0.2) is 56.3 Å². The van der Waals surface area contributed by atoms with E-state index in [-0.39, 0.29) is 35.3 Å². The van der Waals surface area contributed by atoms with Crippen LogP contribution in [0.1, 0.15) is 203 Å². The van der Waals surface area contributed by atoms with Crippen molar-refractivity contribution in [3.63, 3.8) is 0 Å². The van der Waals surface area contributed by atoms with Gasteiger partial charge in [-0.3, -0.25) is 19.2 Å². The zero-order valence-electron chi connectivity index (χ0n) is 45.8. The van der Waals surface area contributed by atoms with Gasteiger partial charge in [0.15, 0.2) is 11.6 Å². The summed E-state index contributed by atoms with van der Waals surface area (Å²) in [6.07, 6.45) is 32.0.